The predicted octanol–water partition coefficient (Wildman–Crippen LogP) is 2.18. The van der Waals surface area contributed by atoms with Crippen molar-refractivity contribution in [3.05, 3.63) is 28.8 Å². The summed E-state index contributed by atoms with van der Waals surface area (Å²) in [6, 6.07) is 6.61. The lowest BCUT2D eigenvalue weighted by Crippen LogP contribution is -2.48. The van der Waals surface area contributed by atoms with Gasteiger partial charge in [-0.25, -0.2) is 0 Å². The lowest BCUT2D eigenvalue weighted by Gasteiger charge is -2.32. The van der Waals surface area contributed by atoms with Gasteiger partial charge in [-0.05, 0) is 31.0 Å². The minimum atomic E-state index is 0.552. The second-order valence-corrected chi connectivity index (χ2v) is 5.22. The van der Waals surface area contributed by atoms with E-state index in [-0.39, 0.29) is 0 Å². The van der Waals surface area contributed by atoms with E-state index in [1.54, 1.807) is 7.11 Å². The van der Waals surface area contributed by atoms with Crippen LogP contribution >= 0.6 is 11.6 Å². The van der Waals surface area contributed by atoms with Crippen molar-refractivity contribution in [2.24, 2.45) is 0 Å². The third-order valence-corrected chi connectivity index (χ3v) is 3.82. The smallest absolute Gasteiger partial charge is 0.137 e. The number of piperazine rings is 1. The Balaban J connectivity index is 1.97. The van der Waals surface area contributed by atoms with Crippen LogP contribution < -0.4 is 10.1 Å². The Morgan fingerprint density at radius 1 is 1.39 bits per heavy atom. The predicted molar refractivity (Wildman–Crippen MR) is 75.6 cm³/mol. The summed E-state index contributed by atoms with van der Waals surface area (Å²) in [5, 5.41) is 4.08. The fraction of sp³-hybridized carbons (Fsp3) is 0.571. The second-order valence-electron chi connectivity index (χ2n) is 4.81. The zero-order valence-corrected chi connectivity index (χ0v) is 11.8. The lowest BCUT2D eigenvalue weighted by atomic mass is 10.1. The highest BCUT2D eigenvalue weighted by Crippen LogP contribution is 2.25. The van der Waals surface area contributed by atoms with E-state index in [0.717, 1.165) is 38.3 Å². The van der Waals surface area contributed by atoms with Gasteiger partial charge in [-0.3, -0.25) is 4.90 Å². The van der Waals surface area contributed by atoms with Crippen LogP contribution in [0.3, 0.4) is 0 Å². The van der Waals surface area contributed by atoms with Crippen LogP contribution in [-0.2, 0) is 6.42 Å². The van der Waals surface area contributed by atoms with Crippen LogP contribution in [0.2, 0.25) is 5.02 Å². The number of hydrogen-bond acceptors (Lipinski definition) is 3. The van der Waals surface area contributed by atoms with Crippen LogP contribution in [-0.4, -0.2) is 44.2 Å². The first kappa shape index (κ1) is 13.7. The van der Waals surface area contributed by atoms with Gasteiger partial charge >= 0.3 is 0 Å². The highest BCUT2D eigenvalue weighted by molar-refractivity contribution is 6.32. The molecule has 0 radical (unpaired) electrons. The van der Waals surface area contributed by atoms with Gasteiger partial charge in [-0.2, -0.15) is 0 Å². The Kier molecular flexibility index (Phi) is 4.87. The van der Waals surface area contributed by atoms with E-state index in [2.05, 4.69) is 23.2 Å². The van der Waals surface area contributed by atoms with Crippen molar-refractivity contribution in [1.82, 2.24) is 10.2 Å². The van der Waals surface area contributed by atoms with E-state index in [1.807, 2.05) is 12.1 Å². The van der Waals surface area contributed by atoms with E-state index in [9.17, 15) is 0 Å². The first-order valence-corrected chi connectivity index (χ1v) is 6.85. The summed E-state index contributed by atoms with van der Waals surface area (Å²) >= 11 is 6.15. The number of halogens is 1. The Morgan fingerprint density at radius 3 is 2.72 bits per heavy atom. The molecule has 1 aromatic rings. The molecule has 100 valence electrons. The molecule has 1 fully saturated rings. The Bertz CT molecular complexity index is 391. The maximum absolute atomic E-state index is 6.15. The van der Waals surface area contributed by atoms with Crippen LogP contribution in [0.5, 0.6) is 5.75 Å². The summed E-state index contributed by atoms with van der Waals surface area (Å²) in [6.45, 7) is 6.72. The molecule has 3 nitrogen and oxygen atoms in total. The molecule has 1 aliphatic heterocycles. The van der Waals surface area contributed by atoms with Crippen molar-refractivity contribution in [3.8, 4) is 5.75 Å². The van der Waals surface area contributed by atoms with E-state index in [4.69, 9.17) is 16.3 Å². The number of rotatable bonds is 4. The van der Waals surface area contributed by atoms with Crippen LogP contribution in [0, 0.1) is 0 Å². The molecule has 0 bridgehead atoms. The molecule has 0 aromatic heterocycles. The highest BCUT2D eigenvalue weighted by atomic mass is 35.5. The van der Waals surface area contributed by atoms with Gasteiger partial charge in [0.15, 0.2) is 0 Å². The summed E-state index contributed by atoms with van der Waals surface area (Å²) in [7, 11) is 1.64. The standard InChI is InChI=1S/C14H21ClN2O/c1-11(17-7-5-16-6-8-17)9-12-3-4-14(18-2)13(15)10-12/h3-4,10-11,16H,5-9H2,1-2H3. The van der Waals surface area contributed by atoms with Crippen molar-refractivity contribution in [2.45, 2.75) is 19.4 Å². The molecule has 18 heavy (non-hydrogen) atoms. The molecule has 1 atom stereocenters. The molecule has 1 N–H and O–H groups in total. The van der Waals surface area contributed by atoms with Crippen LogP contribution in [0.15, 0.2) is 18.2 Å². The van der Waals surface area contributed by atoms with Gasteiger partial charge in [-0.15, -0.1) is 0 Å². The maximum atomic E-state index is 6.15. The zero-order chi connectivity index (χ0) is 13.0. The Labute approximate surface area is 114 Å². The maximum Gasteiger partial charge on any atom is 0.137 e. The highest BCUT2D eigenvalue weighted by Gasteiger charge is 2.16. The number of hydrogen-bond donors (Lipinski definition) is 1. The summed E-state index contributed by atoms with van der Waals surface area (Å²) in [5.41, 5.74) is 1.27. The fourth-order valence-electron chi connectivity index (χ4n) is 2.43. The van der Waals surface area contributed by atoms with Gasteiger partial charge < -0.3 is 10.1 Å². The number of ether oxygens (including phenoxy) is 1. The molecule has 0 aliphatic carbocycles. The SMILES string of the molecule is COc1ccc(CC(C)N2CCNCC2)cc1Cl. The van der Waals surface area contributed by atoms with E-state index >= 15 is 0 Å². The first-order valence-electron chi connectivity index (χ1n) is 6.48. The van der Waals surface area contributed by atoms with Crippen molar-refractivity contribution < 1.29 is 4.74 Å². The van der Waals surface area contributed by atoms with E-state index < -0.39 is 0 Å². The van der Waals surface area contributed by atoms with Crippen molar-refractivity contribution >= 4 is 11.6 Å². The molecule has 1 aliphatic rings. The van der Waals surface area contributed by atoms with Gasteiger partial charge in [0.25, 0.3) is 0 Å². The van der Waals surface area contributed by atoms with E-state index in [1.165, 1.54) is 5.56 Å². The van der Waals surface area contributed by atoms with Gasteiger partial charge in [-0.1, -0.05) is 17.7 Å². The lowest BCUT2D eigenvalue weighted by molar-refractivity contribution is 0.183. The van der Waals surface area contributed by atoms with Crippen molar-refractivity contribution in [2.75, 3.05) is 33.3 Å². The van der Waals surface area contributed by atoms with Crippen LogP contribution in [0.4, 0.5) is 0 Å². The minimum absolute atomic E-state index is 0.552. The number of nitrogens with one attached hydrogen (secondary N) is 1. The molecule has 0 saturated carbocycles. The molecule has 1 aromatic carbocycles. The second kappa shape index (κ2) is 6.41. The minimum Gasteiger partial charge on any atom is -0.495 e. The molecule has 4 heteroatoms. The van der Waals surface area contributed by atoms with E-state index in [0.29, 0.717) is 11.1 Å². The van der Waals surface area contributed by atoms with Crippen LogP contribution in [0.25, 0.3) is 0 Å². The third kappa shape index (κ3) is 3.37. The number of benzene rings is 1. The molecule has 1 heterocycles. The molecule has 2 rings (SSSR count). The summed E-state index contributed by atoms with van der Waals surface area (Å²) < 4.78 is 5.17. The normalized spacial score (nSPS) is 18.6. The fourth-order valence-corrected chi connectivity index (χ4v) is 2.71. The third-order valence-electron chi connectivity index (χ3n) is 3.52. The van der Waals surface area contributed by atoms with Crippen molar-refractivity contribution in [1.29, 1.82) is 0 Å². The van der Waals surface area contributed by atoms with Gasteiger partial charge in [0.1, 0.15) is 5.75 Å². The molecule has 1 unspecified atom stereocenters. The molecular weight excluding hydrogens is 248 g/mol. The van der Waals surface area contributed by atoms with Gasteiger partial charge in [0, 0.05) is 32.2 Å². The average Bonchev–Trinajstić information content (AvgIpc) is 2.40. The average molecular weight is 269 g/mol. The van der Waals surface area contributed by atoms with Gasteiger partial charge in [0.2, 0.25) is 0 Å². The van der Waals surface area contributed by atoms with Crippen LogP contribution in [0.1, 0.15) is 12.5 Å². The Hall–Kier alpha value is -0.770. The Morgan fingerprint density at radius 2 is 2.11 bits per heavy atom. The molecular formula is C14H21ClN2O. The molecule has 0 spiro atoms. The number of methoxy groups -OCH3 is 1. The number of nitrogens with zero attached hydrogens (tertiary/aromatic N) is 1. The van der Waals surface area contributed by atoms with Gasteiger partial charge in [0.05, 0.1) is 12.1 Å². The van der Waals surface area contributed by atoms with Crippen molar-refractivity contribution in [3.63, 3.8) is 0 Å². The summed E-state index contributed by atoms with van der Waals surface area (Å²) in [6.07, 6.45) is 1.03. The topological polar surface area (TPSA) is 24.5 Å². The first-order chi connectivity index (χ1) is 8.70. The summed E-state index contributed by atoms with van der Waals surface area (Å²) in [5.74, 6) is 0.746. The quantitative estimate of drug-likeness (QED) is 0.906. The zero-order valence-electron chi connectivity index (χ0n) is 11.1. The molecule has 1 saturated heterocycles. The monoisotopic (exact) mass is 268 g/mol. The largest absolute Gasteiger partial charge is 0.495 e. The molecule has 0 amide bonds. The summed E-state index contributed by atoms with van der Waals surface area (Å²) in [4.78, 5) is 2.52.